The molecule has 2 N–H and O–H groups in total. The van der Waals surface area contributed by atoms with E-state index in [0.717, 1.165) is 5.56 Å². The molecule has 0 saturated carbocycles. The summed E-state index contributed by atoms with van der Waals surface area (Å²) in [5.41, 5.74) is 6.91. The third-order valence-corrected chi connectivity index (χ3v) is 2.52. The molecule has 0 aromatic carbocycles. The smallest absolute Gasteiger partial charge is 0.273 e. The Hall–Kier alpha value is -2.21. The molecule has 0 aliphatic rings. The molecule has 0 spiro atoms. The number of nitrogens with zero attached hydrogens (tertiary/aromatic N) is 4. The highest BCUT2D eigenvalue weighted by atomic mass is 16.2. The Morgan fingerprint density at radius 2 is 2.22 bits per heavy atom. The summed E-state index contributed by atoms with van der Waals surface area (Å²) < 4.78 is 1.57. The molecule has 0 aliphatic carbocycles. The van der Waals surface area contributed by atoms with E-state index >= 15 is 0 Å². The van der Waals surface area contributed by atoms with Crippen molar-refractivity contribution in [3.8, 4) is 5.82 Å². The summed E-state index contributed by atoms with van der Waals surface area (Å²) in [7, 11) is 3.38. The van der Waals surface area contributed by atoms with Crippen molar-refractivity contribution in [2.75, 3.05) is 14.1 Å². The third-order valence-electron chi connectivity index (χ3n) is 2.52. The van der Waals surface area contributed by atoms with Crippen molar-refractivity contribution in [3.63, 3.8) is 0 Å². The van der Waals surface area contributed by atoms with Crippen molar-refractivity contribution < 1.29 is 4.79 Å². The monoisotopic (exact) mass is 245 g/mol. The molecular formula is C12H15N5O. The van der Waals surface area contributed by atoms with Gasteiger partial charge in [-0.25, -0.2) is 9.67 Å². The molecule has 0 radical (unpaired) electrons. The van der Waals surface area contributed by atoms with Gasteiger partial charge in [0.1, 0.15) is 0 Å². The van der Waals surface area contributed by atoms with Crippen LogP contribution in [0.5, 0.6) is 0 Å². The largest absolute Gasteiger partial charge is 0.343 e. The van der Waals surface area contributed by atoms with E-state index in [1.807, 2.05) is 12.1 Å². The molecule has 0 fully saturated rings. The van der Waals surface area contributed by atoms with Gasteiger partial charge in [0.25, 0.3) is 5.91 Å². The second kappa shape index (κ2) is 4.97. The van der Waals surface area contributed by atoms with Crippen LogP contribution >= 0.6 is 0 Å². The fourth-order valence-electron chi connectivity index (χ4n) is 1.58. The maximum absolute atomic E-state index is 11.7. The highest BCUT2D eigenvalue weighted by Crippen LogP contribution is 2.10. The number of carbonyl (C=O) groups is 1. The van der Waals surface area contributed by atoms with E-state index in [1.54, 1.807) is 37.2 Å². The predicted molar refractivity (Wildman–Crippen MR) is 67.3 cm³/mol. The molecule has 2 aromatic heterocycles. The first kappa shape index (κ1) is 12.3. The van der Waals surface area contributed by atoms with Gasteiger partial charge in [-0.15, -0.1) is 0 Å². The Balaban J connectivity index is 2.38. The lowest BCUT2D eigenvalue weighted by Gasteiger charge is -2.08. The molecule has 2 aromatic rings. The van der Waals surface area contributed by atoms with Crippen LogP contribution in [0.1, 0.15) is 16.1 Å². The number of rotatable bonds is 3. The maximum Gasteiger partial charge on any atom is 0.273 e. The molecule has 0 bridgehead atoms. The van der Waals surface area contributed by atoms with Gasteiger partial charge in [0.2, 0.25) is 0 Å². The highest BCUT2D eigenvalue weighted by molar-refractivity contribution is 5.91. The third kappa shape index (κ3) is 2.23. The Bertz CT molecular complexity index is 561. The summed E-state index contributed by atoms with van der Waals surface area (Å²) in [5.74, 6) is 0.511. The van der Waals surface area contributed by atoms with Gasteiger partial charge in [0.15, 0.2) is 11.5 Å². The van der Waals surface area contributed by atoms with Crippen LogP contribution < -0.4 is 5.73 Å². The number of hydrogen-bond acceptors (Lipinski definition) is 4. The highest BCUT2D eigenvalue weighted by Gasteiger charge is 2.13. The molecule has 0 saturated heterocycles. The lowest BCUT2D eigenvalue weighted by molar-refractivity contribution is 0.0821. The molecule has 1 amide bonds. The van der Waals surface area contributed by atoms with E-state index in [-0.39, 0.29) is 5.91 Å². The predicted octanol–water partition coefficient (Wildman–Crippen LogP) is 0.428. The van der Waals surface area contributed by atoms with Gasteiger partial charge in [-0.1, -0.05) is 6.07 Å². The molecule has 0 atom stereocenters. The van der Waals surface area contributed by atoms with E-state index in [1.165, 1.54) is 4.90 Å². The second-order valence-corrected chi connectivity index (χ2v) is 4.04. The Kier molecular flexibility index (Phi) is 3.38. The van der Waals surface area contributed by atoms with Gasteiger partial charge in [-0.2, -0.15) is 5.10 Å². The first-order chi connectivity index (χ1) is 8.63. The summed E-state index contributed by atoms with van der Waals surface area (Å²) in [6.45, 7) is 0.375. The number of amides is 1. The molecule has 18 heavy (non-hydrogen) atoms. The quantitative estimate of drug-likeness (QED) is 0.850. The van der Waals surface area contributed by atoms with Crippen LogP contribution in [0.2, 0.25) is 0 Å². The summed E-state index contributed by atoms with van der Waals surface area (Å²) >= 11 is 0. The van der Waals surface area contributed by atoms with E-state index < -0.39 is 0 Å². The molecule has 2 heterocycles. The van der Waals surface area contributed by atoms with Crippen molar-refractivity contribution in [3.05, 3.63) is 41.9 Å². The van der Waals surface area contributed by atoms with Crippen LogP contribution in [0.15, 0.2) is 30.6 Å². The van der Waals surface area contributed by atoms with Crippen molar-refractivity contribution in [1.29, 1.82) is 0 Å². The number of carbonyl (C=O) groups excluding carboxylic acids is 1. The zero-order valence-electron chi connectivity index (χ0n) is 10.4. The SMILES string of the molecule is CN(C)C(=O)c1ccn(-c2ncccc2CN)n1. The first-order valence-electron chi connectivity index (χ1n) is 5.55. The molecular weight excluding hydrogens is 230 g/mol. The van der Waals surface area contributed by atoms with Gasteiger partial charge in [-0.3, -0.25) is 4.79 Å². The normalized spacial score (nSPS) is 10.4. The van der Waals surface area contributed by atoms with Gasteiger partial charge in [0, 0.05) is 38.6 Å². The minimum atomic E-state index is -0.140. The van der Waals surface area contributed by atoms with E-state index in [0.29, 0.717) is 18.1 Å². The molecule has 2 rings (SSSR count). The lowest BCUT2D eigenvalue weighted by Crippen LogP contribution is -2.22. The Morgan fingerprint density at radius 3 is 2.89 bits per heavy atom. The van der Waals surface area contributed by atoms with Gasteiger partial charge < -0.3 is 10.6 Å². The standard InChI is InChI=1S/C12H15N5O/c1-16(2)12(18)10-5-7-17(15-10)11-9(8-13)4-3-6-14-11/h3-7H,8,13H2,1-2H3. The van der Waals surface area contributed by atoms with Gasteiger partial charge in [-0.05, 0) is 12.1 Å². The topological polar surface area (TPSA) is 77.0 Å². The summed E-state index contributed by atoms with van der Waals surface area (Å²) in [4.78, 5) is 17.5. The fraction of sp³-hybridized carbons (Fsp3) is 0.250. The van der Waals surface area contributed by atoms with Crippen LogP contribution in [0.25, 0.3) is 5.82 Å². The number of hydrogen-bond donors (Lipinski definition) is 1. The van der Waals surface area contributed by atoms with Crippen LogP contribution in [0.3, 0.4) is 0 Å². The zero-order valence-corrected chi connectivity index (χ0v) is 10.4. The molecule has 0 aliphatic heterocycles. The van der Waals surface area contributed by atoms with Crippen molar-refractivity contribution in [1.82, 2.24) is 19.7 Å². The summed E-state index contributed by atoms with van der Waals surface area (Å²) in [5, 5.41) is 4.22. The van der Waals surface area contributed by atoms with E-state index in [4.69, 9.17) is 5.73 Å². The number of pyridine rings is 1. The van der Waals surface area contributed by atoms with Crippen molar-refractivity contribution in [2.24, 2.45) is 5.73 Å². The Morgan fingerprint density at radius 1 is 1.44 bits per heavy atom. The van der Waals surface area contributed by atoms with Gasteiger partial charge in [0.05, 0.1) is 0 Å². The van der Waals surface area contributed by atoms with Crippen LogP contribution in [0.4, 0.5) is 0 Å². The van der Waals surface area contributed by atoms with E-state index in [2.05, 4.69) is 10.1 Å². The zero-order chi connectivity index (χ0) is 13.1. The van der Waals surface area contributed by atoms with Crippen LogP contribution in [0, 0.1) is 0 Å². The van der Waals surface area contributed by atoms with Gasteiger partial charge >= 0.3 is 0 Å². The minimum Gasteiger partial charge on any atom is -0.343 e. The average Bonchev–Trinajstić information content (AvgIpc) is 2.87. The molecule has 94 valence electrons. The summed E-state index contributed by atoms with van der Waals surface area (Å²) in [6, 6.07) is 5.37. The molecule has 6 heteroatoms. The van der Waals surface area contributed by atoms with E-state index in [9.17, 15) is 4.79 Å². The average molecular weight is 245 g/mol. The molecule has 0 unspecified atom stereocenters. The lowest BCUT2D eigenvalue weighted by atomic mass is 10.2. The van der Waals surface area contributed by atoms with Crippen LogP contribution in [-0.4, -0.2) is 39.7 Å². The first-order valence-corrected chi connectivity index (χ1v) is 5.55. The fourth-order valence-corrected chi connectivity index (χ4v) is 1.58. The molecule has 6 nitrogen and oxygen atoms in total. The van der Waals surface area contributed by atoms with Crippen molar-refractivity contribution in [2.45, 2.75) is 6.54 Å². The van der Waals surface area contributed by atoms with Crippen molar-refractivity contribution >= 4 is 5.91 Å². The van der Waals surface area contributed by atoms with Crippen LogP contribution in [-0.2, 0) is 6.54 Å². The maximum atomic E-state index is 11.7. The minimum absolute atomic E-state index is 0.140. The second-order valence-electron chi connectivity index (χ2n) is 4.04. The Labute approximate surface area is 105 Å². The number of nitrogens with two attached hydrogens (primary N) is 1. The summed E-state index contributed by atoms with van der Waals surface area (Å²) in [6.07, 6.45) is 3.38. The number of aromatic nitrogens is 3.